The molecule has 0 aromatic heterocycles. The van der Waals surface area contributed by atoms with Gasteiger partial charge in [-0.1, -0.05) is 57.0 Å². The van der Waals surface area contributed by atoms with Crippen LogP contribution in [0, 0.1) is 0 Å². The number of nitrogens with zero attached hydrogens (tertiary/aromatic N) is 3. The summed E-state index contributed by atoms with van der Waals surface area (Å²) in [6, 6.07) is 0.378. The van der Waals surface area contributed by atoms with Gasteiger partial charge in [0.15, 0.2) is 0 Å². The molecule has 2 fully saturated rings. The van der Waals surface area contributed by atoms with Crippen molar-refractivity contribution in [3.8, 4) is 0 Å². The van der Waals surface area contributed by atoms with E-state index in [4.69, 9.17) is 0 Å². The van der Waals surface area contributed by atoms with Gasteiger partial charge in [-0.3, -0.25) is 4.90 Å². The fourth-order valence-corrected chi connectivity index (χ4v) is 3.94. The van der Waals surface area contributed by atoms with Crippen LogP contribution in [0.5, 0.6) is 0 Å². The van der Waals surface area contributed by atoms with Gasteiger partial charge in [0.25, 0.3) is 0 Å². The number of piperazine rings is 1. The first-order valence-corrected chi connectivity index (χ1v) is 9.52. The van der Waals surface area contributed by atoms with Crippen molar-refractivity contribution in [2.45, 2.75) is 77.2 Å². The Bertz CT molecular complexity index is 324. The summed E-state index contributed by atoms with van der Waals surface area (Å²) in [6.07, 6.45) is 12.7. The molecule has 1 unspecified atom stereocenters. The summed E-state index contributed by atoms with van der Waals surface area (Å²) in [5, 5.41) is 13.3. The van der Waals surface area contributed by atoms with E-state index in [0.29, 0.717) is 6.04 Å². The van der Waals surface area contributed by atoms with Crippen LogP contribution >= 0.6 is 0 Å². The molecule has 4 heteroatoms. The van der Waals surface area contributed by atoms with Gasteiger partial charge in [-0.2, -0.15) is 0 Å². The minimum absolute atomic E-state index is 0.378. The molecule has 1 saturated heterocycles. The van der Waals surface area contributed by atoms with Crippen molar-refractivity contribution >= 4 is 5.71 Å². The molecule has 0 amide bonds. The molecule has 2 aliphatic rings. The molecule has 0 spiro atoms. The Morgan fingerprint density at radius 3 is 2.09 bits per heavy atom. The topological polar surface area (TPSA) is 39.1 Å². The Balaban J connectivity index is 1.95. The normalized spacial score (nSPS) is 29.9. The van der Waals surface area contributed by atoms with Crippen LogP contribution in [0.3, 0.4) is 0 Å². The third-order valence-corrected chi connectivity index (χ3v) is 5.47. The Kier molecular flexibility index (Phi) is 8.24. The van der Waals surface area contributed by atoms with E-state index >= 15 is 0 Å². The highest BCUT2D eigenvalue weighted by molar-refractivity contribution is 5.89. The second-order valence-corrected chi connectivity index (χ2v) is 6.94. The largest absolute Gasteiger partial charge is 0.411 e. The predicted octanol–water partition coefficient (Wildman–Crippen LogP) is 3.74. The van der Waals surface area contributed by atoms with Gasteiger partial charge in [0.1, 0.15) is 0 Å². The maximum atomic E-state index is 9.55. The summed E-state index contributed by atoms with van der Waals surface area (Å²) in [7, 11) is 0. The maximum Gasteiger partial charge on any atom is 0.0742 e. The highest BCUT2D eigenvalue weighted by Crippen LogP contribution is 2.20. The summed E-state index contributed by atoms with van der Waals surface area (Å²) in [5.41, 5.74) is 1.05. The molecule has 0 aromatic rings. The fraction of sp³-hybridized carbons (Fsp3) is 0.944. The molecule has 22 heavy (non-hydrogen) atoms. The molecular weight excluding hydrogens is 274 g/mol. The van der Waals surface area contributed by atoms with Gasteiger partial charge in [-0.15, -0.1) is 0 Å². The van der Waals surface area contributed by atoms with E-state index in [1.54, 1.807) is 0 Å². The van der Waals surface area contributed by atoms with E-state index in [2.05, 4.69) is 21.9 Å². The first kappa shape index (κ1) is 17.7. The molecular formula is C18H35N3O. The molecule has 128 valence electrons. The van der Waals surface area contributed by atoms with Crippen molar-refractivity contribution in [1.29, 1.82) is 0 Å². The number of oxime groups is 1. The van der Waals surface area contributed by atoms with Gasteiger partial charge in [-0.25, -0.2) is 0 Å². The number of hydrogen-bond acceptors (Lipinski definition) is 4. The molecule has 0 aromatic carbocycles. The first-order chi connectivity index (χ1) is 10.8. The van der Waals surface area contributed by atoms with E-state index in [9.17, 15) is 5.21 Å². The van der Waals surface area contributed by atoms with Crippen LogP contribution < -0.4 is 0 Å². The van der Waals surface area contributed by atoms with Crippen LogP contribution in [0.15, 0.2) is 5.16 Å². The van der Waals surface area contributed by atoms with Crippen molar-refractivity contribution in [2.75, 3.05) is 32.7 Å². The van der Waals surface area contributed by atoms with Gasteiger partial charge in [0.05, 0.1) is 11.8 Å². The molecule has 4 nitrogen and oxygen atoms in total. The van der Waals surface area contributed by atoms with Crippen LogP contribution in [0.4, 0.5) is 0 Å². The molecule has 1 saturated carbocycles. The highest BCUT2D eigenvalue weighted by Gasteiger charge is 2.27. The smallest absolute Gasteiger partial charge is 0.0742 e. The SMILES string of the molecule is CCN1CCN(C2CCCCCCCCCCC2=NO)CC1. The summed E-state index contributed by atoms with van der Waals surface area (Å²) >= 11 is 0. The third-order valence-electron chi connectivity index (χ3n) is 5.47. The Morgan fingerprint density at radius 2 is 1.50 bits per heavy atom. The van der Waals surface area contributed by atoms with E-state index < -0.39 is 0 Å². The van der Waals surface area contributed by atoms with Gasteiger partial charge in [0.2, 0.25) is 0 Å². The van der Waals surface area contributed by atoms with Crippen LogP contribution in [0.2, 0.25) is 0 Å². The Morgan fingerprint density at radius 1 is 0.909 bits per heavy atom. The summed E-state index contributed by atoms with van der Waals surface area (Å²) in [6.45, 7) is 7.96. The Hall–Kier alpha value is -0.610. The Labute approximate surface area is 136 Å². The maximum absolute atomic E-state index is 9.55. The van der Waals surface area contributed by atoms with Crippen molar-refractivity contribution in [3.63, 3.8) is 0 Å². The van der Waals surface area contributed by atoms with E-state index in [-0.39, 0.29) is 0 Å². The number of likely N-dealkylation sites (N-methyl/N-ethyl adjacent to an activating group) is 1. The van der Waals surface area contributed by atoms with Gasteiger partial charge < -0.3 is 10.1 Å². The summed E-state index contributed by atoms with van der Waals surface area (Å²) in [4.78, 5) is 5.09. The molecule has 0 radical (unpaired) electrons. The average molecular weight is 309 g/mol. The van der Waals surface area contributed by atoms with Crippen molar-refractivity contribution < 1.29 is 5.21 Å². The second kappa shape index (κ2) is 10.2. The van der Waals surface area contributed by atoms with E-state index in [1.807, 2.05) is 0 Å². The average Bonchev–Trinajstić information content (AvgIpc) is 2.55. The second-order valence-electron chi connectivity index (χ2n) is 6.94. The highest BCUT2D eigenvalue weighted by atomic mass is 16.4. The molecule has 1 atom stereocenters. The van der Waals surface area contributed by atoms with Crippen LogP contribution in [-0.2, 0) is 0 Å². The monoisotopic (exact) mass is 309 g/mol. The van der Waals surface area contributed by atoms with Crippen LogP contribution in [0.1, 0.15) is 71.1 Å². The van der Waals surface area contributed by atoms with Crippen molar-refractivity contribution in [2.24, 2.45) is 5.16 Å². The van der Waals surface area contributed by atoms with Gasteiger partial charge >= 0.3 is 0 Å². The number of hydrogen-bond donors (Lipinski definition) is 1. The summed E-state index contributed by atoms with van der Waals surface area (Å²) < 4.78 is 0. The minimum Gasteiger partial charge on any atom is -0.411 e. The van der Waals surface area contributed by atoms with E-state index in [1.165, 1.54) is 57.8 Å². The lowest BCUT2D eigenvalue weighted by molar-refractivity contribution is 0.115. The van der Waals surface area contributed by atoms with Crippen LogP contribution in [-0.4, -0.2) is 59.5 Å². The van der Waals surface area contributed by atoms with Gasteiger partial charge in [-0.05, 0) is 25.8 Å². The molecule has 1 aliphatic heterocycles. The zero-order chi connectivity index (χ0) is 15.6. The zero-order valence-corrected chi connectivity index (χ0v) is 14.5. The van der Waals surface area contributed by atoms with Crippen molar-refractivity contribution in [1.82, 2.24) is 9.80 Å². The lowest BCUT2D eigenvalue weighted by atomic mass is 9.95. The third kappa shape index (κ3) is 5.54. The zero-order valence-electron chi connectivity index (χ0n) is 14.5. The summed E-state index contributed by atoms with van der Waals surface area (Å²) in [5.74, 6) is 0. The standard InChI is InChI=1S/C18H35N3O/c1-2-20-13-15-21(16-14-20)18-12-10-8-6-4-3-5-7-9-11-17(18)19-22/h18,22H,2-16H2,1H3. The van der Waals surface area contributed by atoms with Crippen LogP contribution in [0.25, 0.3) is 0 Å². The van der Waals surface area contributed by atoms with E-state index in [0.717, 1.165) is 44.9 Å². The first-order valence-electron chi connectivity index (χ1n) is 9.52. The molecule has 2 rings (SSSR count). The minimum atomic E-state index is 0.378. The lowest BCUT2D eigenvalue weighted by Crippen LogP contribution is -2.52. The molecule has 1 N–H and O–H groups in total. The lowest BCUT2D eigenvalue weighted by Gasteiger charge is -2.39. The molecule has 1 aliphatic carbocycles. The predicted molar refractivity (Wildman–Crippen MR) is 92.9 cm³/mol. The fourth-order valence-electron chi connectivity index (χ4n) is 3.94. The van der Waals surface area contributed by atoms with Crippen molar-refractivity contribution in [3.05, 3.63) is 0 Å². The quantitative estimate of drug-likeness (QED) is 0.624. The molecule has 1 heterocycles. The van der Waals surface area contributed by atoms with Gasteiger partial charge in [0, 0.05) is 26.2 Å². The molecule has 0 bridgehead atoms. The number of rotatable bonds is 2.